The third kappa shape index (κ3) is 5.88. The summed E-state index contributed by atoms with van der Waals surface area (Å²) in [5, 5.41) is 0. The summed E-state index contributed by atoms with van der Waals surface area (Å²) in [4.78, 5) is 14.0. The molecule has 5 nitrogen and oxygen atoms in total. The number of rotatable bonds is 5. The first-order chi connectivity index (χ1) is 11.8. The summed E-state index contributed by atoms with van der Waals surface area (Å²) in [6.45, 7) is 7.51. The predicted molar refractivity (Wildman–Crippen MR) is 95.2 cm³/mol. The van der Waals surface area contributed by atoms with Crippen LogP contribution in [0.5, 0.6) is 5.75 Å². The average molecular weight is 352 g/mol. The van der Waals surface area contributed by atoms with Crippen LogP contribution in [0, 0.1) is 11.7 Å². The van der Waals surface area contributed by atoms with Gasteiger partial charge < -0.3 is 20.1 Å². The highest BCUT2D eigenvalue weighted by molar-refractivity contribution is 5.68. The number of carbonyl (C=O) groups is 1. The zero-order valence-corrected chi connectivity index (χ0v) is 15.4. The molecule has 1 atom stereocenters. The van der Waals surface area contributed by atoms with E-state index in [1.165, 1.54) is 6.07 Å². The van der Waals surface area contributed by atoms with Gasteiger partial charge in [-0.15, -0.1) is 0 Å². The van der Waals surface area contributed by atoms with Gasteiger partial charge in [-0.25, -0.2) is 9.18 Å². The molecule has 0 unspecified atom stereocenters. The molecule has 0 aliphatic carbocycles. The molecule has 0 aromatic heterocycles. The summed E-state index contributed by atoms with van der Waals surface area (Å²) in [6, 6.07) is 4.96. The van der Waals surface area contributed by atoms with E-state index in [0.29, 0.717) is 26.1 Å². The number of benzene rings is 1. The summed E-state index contributed by atoms with van der Waals surface area (Å²) in [7, 11) is 0. The first-order valence-corrected chi connectivity index (χ1v) is 8.88. The van der Waals surface area contributed by atoms with Gasteiger partial charge in [-0.05, 0) is 57.6 Å². The van der Waals surface area contributed by atoms with Gasteiger partial charge in [0.2, 0.25) is 0 Å². The molecule has 25 heavy (non-hydrogen) atoms. The minimum Gasteiger partial charge on any atom is -0.489 e. The summed E-state index contributed by atoms with van der Waals surface area (Å²) < 4.78 is 25.0. The number of para-hydroxylation sites is 1. The van der Waals surface area contributed by atoms with E-state index in [2.05, 4.69) is 0 Å². The van der Waals surface area contributed by atoms with Crippen LogP contribution in [0.2, 0.25) is 0 Å². The number of hydrogen-bond acceptors (Lipinski definition) is 4. The molecule has 1 heterocycles. The van der Waals surface area contributed by atoms with E-state index in [1.807, 2.05) is 26.8 Å². The summed E-state index contributed by atoms with van der Waals surface area (Å²) in [5.74, 6) is 0.163. The second kappa shape index (κ2) is 8.52. The van der Waals surface area contributed by atoms with Crippen LogP contribution in [-0.4, -0.2) is 42.8 Å². The maximum atomic E-state index is 14.1. The molecule has 1 saturated heterocycles. The number of hydrogen-bond donors (Lipinski definition) is 1. The van der Waals surface area contributed by atoms with Gasteiger partial charge in [-0.3, -0.25) is 0 Å². The van der Waals surface area contributed by atoms with Crippen LogP contribution >= 0.6 is 0 Å². The van der Waals surface area contributed by atoms with Crippen LogP contribution in [0.25, 0.3) is 0 Å². The van der Waals surface area contributed by atoms with Crippen molar-refractivity contribution in [3.8, 4) is 5.75 Å². The zero-order valence-electron chi connectivity index (χ0n) is 15.4. The van der Waals surface area contributed by atoms with Crippen molar-refractivity contribution in [3.05, 3.63) is 29.6 Å². The molecule has 0 spiro atoms. The lowest BCUT2D eigenvalue weighted by Crippen LogP contribution is -2.43. The largest absolute Gasteiger partial charge is 0.489 e. The SMILES string of the molecule is CC(C)(C)OC(=O)N1CCC[C@H](Cc2cccc(F)c2OCCN)C1. The standard InChI is InChI=1S/C19H29FN2O3/c1-19(2,3)25-18(23)22-10-5-6-14(13-22)12-15-7-4-8-16(20)17(15)24-11-9-21/h4,7-8,14H,5-6,9-13,21H2,1-3H3/t14-/m1/s1. The van der Waals surface area contributed by atoms with Crippen molar-refractivity contribution in [2.24, 2.45) is 11.7 Å². The van der Waals surface area contributed by atoms with Gasteiger partial charge in [0, 0.05) is 19.6 Å². The highest BCUT2D eigenvalue weighted by Crippen LogP contribution is 2.29. The predicted octanol–water partition coefficient (Wildman–Crippen LogP) is 3.35. The van der Waals surface area contributed by atoms with Crippen LogP contribution in [-0.2, 0) is 11.2 Å². The second-order valence-corrected chi connectivity index (χ2v) is 7.50. The molecule has 140 valence electrons. The monoisotopic (exact) mass is 352 g/mol. The van der Waals surface area contributed by atoms with Gasteiger partial charge in [-0.1, -0.05) is 12.1 Å². The summed E-state index contributed by atoms with van der Waals surface area (Å²) in [5.41, 5.74) is 5.78. The Hall–Kier alpha value is -1.82. The van der Waals surface area contributed by atoms with Gasteiger partial charge in [0.1, 0.15) is 12.2 Å². The van der Waals surface area contributed by atoms with Crippen molar-refractivity contribution in [3.63, 3.8) is 0 Å². The Labute approximate surface area is 149 Å². The van der Waals surface area contributed by atoms with E-state index in [-0.39, 0.29) is 30.2 Å². The number of nitrogens with zero attached hydrogens (tertiary/aromatic N) is 1. The number of likely N-dealkylation sites (tertiary alicyclic amines) is 1. The van der Waals surface area contributed by atoms with E-state index in [9.17, 15) is 9.18 Å². The summed E-state index contributed by atoms with van der Waals surface area (Å²) >= 11 is 0. The molecule has 0 saturated carbocycles. The van der Waals surface area contributed by atoms with E-state index in [1.54, 1.807) is 11.0 Å². The third-order valence-electron chi connectivity index (χ3n) is 4.09. The molecule has 0 bridgehead atoms. The van der Waals surface area contributed by atoms with Crippen molar-refractivity contribution in [2.75, 3.05) is 26.2 Å². The molecule has 1 aliphatic rings. The minimum atomic E-state index is -0.504. The van der Waals surface area contributed by atoms with Crippen LogP contribution in [0.1, 0.15) is 39.2 Å². The van der Waals surface area contributed by atoms with Crippen molar-refractivity contribution in [1.29, 1.82) is 0 Å². The normalized spacial score (nSPS) is 18.1. The second-order valence-electron chi connectivity index (χ2n) is 7.50. The number of carbonyl (C=O) groups excluding carboxylic acids is 1. The lowest BCUT2D eigenvalue weighted by molar-refractivity contribution is 0.0166. The Balaban J connectivity index is 2.03. The van der Waals surface area contributed by atoms with Gasteiger partial charge >= 0.3 is 6.09 Å². The number of amides is 1. The fourth-order valence-electron chi connectivity index (χ4n) is 3.07. The van der Waals surface area contributed by atoms with Crippen LogP contribution in [0.3, 0.4) is 0 Å². The molecule has 2 N–H and O–H groups in total. The fraction of sp³-hybridized carbons (Fsp3) is 0.632. The molecule has 0 radical (unpaired) electrons. The molecule has 1 aromatic rings. The molecule has 1 aliphatic heterocycles. The molecule has 1 aromatic carbocycles. The molecule has 2 rings (SSSR count). The fourth-order valence-corrected chi connectivity index (χ4v) is 3.07. The summed E-state index contributed by atoms with van der Waals surface area (Å²) in [6.07, 6.45) is 2.29. The molecular formula is C19H29FN2O3. The van der Waals surface area contributed by atoms with Crippen molar-refractivity contribution in [1.82, 2.24) is 4.90 Å². The lowest BCUT2D eigenvalue weighted by Gasteiger charge is -2.34. The quantitative estimate of drug-likeness (QED) is 0.882. The molecule has 1 fully saturated rings. The van der Waals surface area contributed by atoms with E-state index in [4.69, 9.17) is 15.2 Å². The Morgan fingerprint density at radius 2 is 2.16 bits per heavy atom. The average Bonchev–Trinajstić information content (AvgIpc) is 2.53. The van der Waals surface area contributed by atoms with Crippen molar-refractivity contribution in [2.45, 2.75) is 45.6 Å². The maximum Gasteiger partial charge on any atom is 0.410 e. The number of halogens is 1. The van der Waals surface area contributed by atoms with E-state index < -0.39 is 5.60 Å². The van der Waals surface area contributed by atoms with Gasteiger partial charge in [0.15, 0.2) is 11.6 Å². The van der Waals surface area contributed by atoms with Crippen LogP contribution in [0.15, 0.2) is 18.2 Å². The minimum absolute atomic E-state index is 0.253. The lowest BCUT2D eigenvalue weighted by atomic mass is 9.91. The van der Waals surface area contributed by atoms with Crippen LogP contribution < -0.4 is 10.5 Å². The van der Waals surface area contributed by atoms with E-state index >= 15 is 0 Å². The highest BCUT2D eigenvalue weighted by Gasteiger charge is 2.28. The highest BCUT2D eigenvalue weighted by atomic mass is 19.1. The first kappa shape index (κ1) is 19.5. The maximum absolute atomic E-state index is 14.1. The molecule has 1 amide bonds. The molecular weight excluding hydrogens is 323 g/mol. The van der Waals surface area contributed by atoms with Crippen molar-refractivity contribution < 1.29 is 18.7 Å². The Morgan fingerprint density at radius 3 is 2.84 bits per heavy atom. The van der Waals surface area contributed by atoms with Crippen LogP contribution in [0.4, 0.5) is 9.18 Å². The Morgan fingerprint density at radius 1 is 1.40 bits per heavy atom. The number of piperidine rings is 1. The number of ether oxygens (including phenoxy) is 2. The van der Waals surface area contributed by atoms with Gasteiger partial charge in [-0.2, -0.15) is 0 Å². The third-order valence-corrected chi connectivity index (χ3v) is 4.09. The number of nitrogens with two attached hydrogens (primary N) is 1. The van der Waals surface area contributed by atoms with Gasteiger partial charge in [0.25, 0.3) is 0 Å². The Kier molecular flexibility index (Phi) is 6.64. The smallest absolute Gasteiger partial charge is 0.410 e. The topological polar surface area (TPSA) is 64.8 Å². The first-order valence-electron chi connectivity index (χ1n) is 8.88. The van der Waals surface area contributed by atoms with E-state index in [0.717, 1.165) is 18.4 Å². The zero-order chi connectivity index (χ0) is 18.4. The van der Waals surface area contributed by atoms with Crippen molar-refractivity contribution >= 4 is 6.09 Å². The Bertz CT molecular complexity index is 587. The van der Waals surface area contributed by atoms with Gasteiger partial charge in [0.05, 0.1) is 0 Å². The molecule has 6 heteroatoms.